The zero-order chi connectivity index (χ0) is 30.6. The summed E-state index contributed by atoms with van der Waals surface area (Å²) < 4.78 is 1.57. The van der Waals surface area contributed by atoms with Crippen molar-refractivity contribution < 1.29 is 4.79 Å². The Labute approximate surface area is 253 Å². The van der Waals surface area contributed by atoms with Crippen LogP contribution >= 0.6 is 23.2 Å². The number of pyridine rings is 1. The normalized spacial score (nSPS) is 20.1. The molecule has 0 saturated heterocycles. The average Bonchev–Trinajstić information content (AvgIpc) is 2.96. The fourth-order valence-electron chi connectivity index (χ4n) is 4.98. The lowest BCUT2D eigenvalue weighted by Crippen LogP contribution is -2.34. The summed E-state index contributed by atoms with van der Waals surface area (Å²) >= 11 is 12.2. The van der Waals surface area contributed by atoms with Crippen molar-refractivity contribution in [2.45, 2.75) is 39.2 Å². The van der Waals surface area contributed by atoms with Crippen molar-refractivity contribution >= 4 is 40.5 Å². The second-order valence-electron chi connectivity index (χ2n) is 9.97. The lowest BCUT2D eigenvalue weighted by Gasteiger charge is -2.24. The van der Waals surface area contributed by atoms with Gasteiger partial charge in [-0.25, -0.2) is 10.8 Å². The maximum atomic E-state index is 14.0. The van der Waals surface area contributed by atoms with E-state index in [1.165, 1.54) is 23.7 Å². The summed E-state index contributed by atoms with van der Waals surface area (Å²) in [4.78, 5) is 40.6. The molecule has 2 bridgehead atoms. The van der Waals surface area contributed by atoms with Crippen molar-refractivity contribution in [3.63, 3.8) is 0 Å². The van der Waals surface area contributed by atoms with E-state index in [2.05, 4.69) is 15.3 Å². The average molecular weight is 611 g/mol. The van der Waals surface area contributed by atoms with Crippen LogP contribution in [-0.4, -0.2) is 33.2 Å². The number of amides is 1. The van der Waals surface area contributed by atoms with Gasteiger partial charge in [0.2, 0.25) is 5.91 Å². The Bertz CT molecular complexity index is 1640. The minimum Gasteiger partial charge on any atom is -0.403 e. The van der Waals surface area contributed by atoms with Crippen LogP contribution in [0.3, 0.4) is 0 Å². The van der Waals surface area contributed by atoms with E-state index in [1.54, 1.807) is 49.0 Å². The first-order valence-electron chi connectivity index (χ1n) is 13.3. The van der Waals surface area contributed by atoms with Crippen molar-refractivity contribution in [3.05, 3.63) is 98.3 Å². The van der Waals surface area contributed by atoms with E-state index in [0.717, 1.165) is 0 Å². The number of allylic oxidation sites excluding steroid dienone is 1. The molecule has 3 heterocycles. The van der Waals surface area contributed by atoms with Crippen molar-refractivity contribution in [1.29, 1.82) is 0 Å². The number of hydrogen-bond donors (Lipinski definition) is 4. The molecule has 0 saturated carbocycles. The molecule has 220 valence electrons. The number of hydrogen-bond acceptors (Lipinski definition) is 9. The zero-order valence-electron chi connectivity index (χ0n) is 23.5. The maximum Gasteiger partial charge on any atom is 0.257 e. The number of hydrazine groups is 1. The van der Waals surface area contributed by atoms with Crippen molar-refractivity contribution in [1.82, 2.24) is 19.9 Å². The molecule has 13 heteroatoms. The third kappa shape index (κ3) is 6.48. The Hall–Kier alpha value is -4.19. The molecule has 2 atom stereocenters. The second-order valence-corrected chi connectivity index (χ2v) is 10.8. The molecule has 1 amide bonds. The molecule has 3 aromatic rings. The van der Waals surface area contributed by atoms with E-state index in [9.17, 15) is 9.59 Å². The highest BCUT2D eigenvalue weighted by atomic mass is 35.5. The number of aliphatic imine (C=N–C) groups is 1. The van der Waals surface area contributed by atoms with Crippen LogP contribution in [0.5, 0.6) is 0 Å². The predicted octanol–water partition coefficient (Wildman–Crippen LogP) is 3.69. The monoisotopic (exact) mass is 609 g/mol. The first kappa shape index (κ1) is 30.8. The standard InChI is InChI=1S/C29H33Cl2N9O2/c1-16-5-4-6-24(21-11-18(9-10-36-21)27(35-3)22(13-32)38-28(16)41)39-15-37-26(17(2)29(39)42)20-12-19(30)7-8-23(20)40(34)14-25(31)33/h7-16,24H,4-6,32-34H2,1-3H3,(H,38,41)/b22-13?,25-14-,35-27?. The largest absolute Gasteiger partial charge is 0.403 e. The van der Waals surface area contributed by atoms with Gasteiger partial charge in [-0.2, -0.15) is 0 Å². The molecule has 1 aliphatic heterocycles. The number of benzene rings is 1. The molecular weight excluding hydrogens is 577 g/mol. The highest BCUT2D eigenvalue weighted by Crippen LogP contribution is 2.33. The van der Waals surface area contributed by atoms with Gasteiger partial charge in [-0.3, -0.25) is 29.1 Å². The Morgan fingerprint density at radius 3 is 2.67 bits per heavy atom. The number of fused-ring (bicyclic) bond motifs is 2. The summed E-state index contributed by atoms with van der Waals surface area (Å²) in [6, 6.07) is 8.21. The Morgan fingerprint density at radius 1 is 1.21 bits per heavy atom. The SMILES string of the molecule is CN=C1C(=CN)NC(=O)C(C)CCCC(n2cnc(-c3cc(Cl)ccc3N(N)/C=C(\N)Cl)c(C)c2=O)c2cc1ccn2. The van der Waals surface area contributed by atoms with Crippen LogP contribution in [0.2, 0.25) is 5.02 Å². The van der Waals surface area contributed by atoms with Gasteiger partial charge in [-0.05, 0) is 50.1 Å². The summed E-state index contributed by atoms with van der Waals surface area (Å²) in [5, 5.41) is 4.56. The molecule has 0 aliphatic carbocycles. The van der Waals surface area contributed by atoms with Crippen LogP contribution in [0.1, 0.15) is 49.0 Å². The van der Waals surface area contributed by atoms with Gasteiger partial charge in [0, 0.05) is 47.1 Å². The number of nitrogens with one attached hydrogen (secondary N) is 1. The third-order valence-electron chi connectivity index (χ3n) is 7.17. The van der Waals surface area contributed by atoms with Gasteiger partial charge in [-0.1, -0.05) is 36.5 Å². The smallest absolute Gasteiger partial charge is 0.257 e. The Kier molecular flexibility index (Phi) is 9.66. The highest BCUT2D eigenvalue weighted by Gasteiger charge is 2.25. The minimum atomic E-state index is -0.459. The van der Waals surface area contributed by atoms with Gasteiger partial charge in [0.25, 0.3) is 5.56 Å². The molecule has 7 N–H and O–H groups in total. The topological polar surface area (TPSA) is 171 Å². The van der Waals surface area contributed by atoms with E-state index < -0.39 is 6.04 Å². The van der Waals surface area contributed by atoms with Gasteiger partial charge < -0.3 is 16.8 Å². The number of nitrogens with two attached hydrogens (primary N) is 3. The minimum absolute atomic E-state index is 0.0205. The first-order valence-corrected chi connectivity index (χ1v) is 14.0. The number of carbonyl (C=O) groups is 1. The summed E-state index contributed by atoms with van der Waals surface area (Å²) in [5.41, 5.74) is 15.3. The van der Waals surface area contributed by atoms with Gasteiger partial charge >= 0.3 is 0 Å². The number of aromatic nitrogens is 3. The second kappa shape index (κ2) is 13.2. The summed E-state index contributed by atoms with van der Waals surface area (Å²) in [5.74, 6) is 5.73. The Balaban J connectivity index is 1.86. The number of carbonyl (C=O) groups excluding carboxylic acids is 1. The lowest BCUT2D eigenvalue weighted by atomic mass is 9.96. The lowest BCUT2D eigenvalue weighted by molar-refractivity contribution is -0.123. The molecule has 2 unspecified atom stereocenters. The van der Waals surface area contributed by atoms with Crippen LogP contribution in [0, 0.1) is 12.8 Å². The van der Waals surface area contributed by atoms with Crippen LogP contribution in [-0.2, 0) is 4.79 Å². The first-order chi connectivity index (χ1) is 20.0. The molecule has 0 radical (unpaired) electrons. The van der Waals surface area contributed by atoms with Crippen LogP contribution < -0.4 is 33.2 Å². The number of rotatable bonds is 4. The van der Waals surface area contributed by atoms with Crippen LogP contribution in [0.15, 0.2) is 75.9 Å². The molecule has 42 heavy (non-hydrogen) atoms. The third-order valence-corrected chi connectivity index (χ3v) is 7.51. The summed E-state index contributed by atoms with van der Waals surface area (Å²) in [6.07, 6.45) is 7.62. The van der Waals surface area contributed by atoms with E-state index in [4.69, 9.17) is 45.5 Å². The molecular formula is C29H33Cl2N9O2. The van der Waals surface area contributed by atoms with Crippen molar-refractivity contribution in [2.75, 3.05) is 12.1 Å². The van der Waals surface area contributed by atoms with Crippen molar-refractivity contribution in [2.24, 2.45) is 28.2 Å². The maximum absolute atomic E-state index is 14.0. The quantitative estimate of drug-likeness (QED) is 0.197. The molecule has 4 rings (SSSR count). The molecule has 11 nitrogen and oxygen atoms in total. The van der Waals surface area contributed by atoms with Gasteiger partial charge in [0.05, 0.1) is 47.1 Å². The number of nitrogens with zero attached hydrogens (tertiary/aromatic N) is 5. The molecule has 0 spiro atoms. The van der Waals surface area contributed by atoms with Crippen LogP contribution in [0.25, 0.3) is 11.3 Å². The van der Waals surface area contributed by atoms with E-state index >= 15 is 0 Å². The summed E-state index contributed by atoms with van der Waals surface area (Å²) in [6.45, 7) is 3.55. The predicted molar refractivity (Wildman–Crippen MR) is 167 cm³/mol. The number of anilines is 1. The van der Waals surface area contributed by atoms with E-state index in [0.29, 0.717) is 69.5 Å². The molecule has 0 fully saturated rings. The van der Waals surface area contributed by atoms with E-state index in [-0.39, 0.29) is 22.5 Å². The summed E-state index contributed by atoms with van der Waals surface area (Å²) in [7, 11) is 1.62. The number of halogens is 2. The fraction of sp³-hybridized carbons (Fsp3) is 0.276. The van der Waals surface area contributed by atoms with Crippen molar-refractivity contribution in [3.8, 4) is 11.3 Å². The molecule has 1 aliphatic rings. The van der Waals surface area contributed by atoms with Crippen LogP contribution in [0.4, 0.5) is 5.69 Å². The molecule has 2 aromatic heterocycles. The zero-order valence-corrected chi connectivity index (χ0v) is 25.0. The van der Waals surface area contributed by atoms with Gasteiger partial charge in [0.15, 0.2) is 0 Å². The molecule has 1 aromatic carbocycles. The van der Waals surface area contributed by atoms with E-state index in [1.807, 2.05) is 13.0 Å². The highest BCUT2D eigenvalue weighted by molar-refractivity contribution is 6.31. The van der Waals surface area contributed by atoms with Gasteiger partial charge in [0.1, 0.15) is 5.16 Å². The Morgan fingerprint density at radius 2 is 1.98 bits per heavy atom. The van der Waals surface area contributed by atoms with Gasteiger partial charge in [-0.15, -0.1) is 0 Å². The fourth-order valence-corrected chi connectivity index (χ4v) is 5.26.